The molecule has 0 aromatic rings. The number of urea groups is 1. The lowest BCUT2D eigenvalue weighted by Gasteiger charge is -2.33. The molecule has 4 heteroatoms. The third kappa shape index (κ3) is 2.30. The van der Waals surface area contributed by atoms with Gasteiger partial charge in [-0.15, -0.1) is 0 Å². The van der Waals surface area contributed by atoms with Crippen LogP contribution < -0.4 is 0 Å². The second kappa shape index (κ2) is 4.21. The highest BCUT2D eigenvalue weighted by molar-refractivity contribution is 5.88. The van der Waals surface area contributed by atoms with Gasteiger partial charge in [0.2, 0.25) is 0 Å². The number of carbonyl (C=O) groups is 2. The highest BCUT2D eigenvalue weighted by atomic mass is 16.2. The molecule has 2 rings (SSSR count). The molecule has 0 unspecified atom stereocenters. The van der Waals surface area contributed by atoms with E-state index < -0.39 is 0 Å². The van der Waals surface area contributed by atoms with Crippen LogP contribution in [-0.4, -0.2) is 47.8 Å². The number of likely N-dealkylation sites (tertiary alicyclic amines) is 2. The number of rotatable bonds is 0. The van der Waals surface area contributed by atoms with Crippen LogP contribution in [0.2, 0.25) is 0 Å². The van der Waals surface area contributed by atoms with Crippen LogP contribution in [0.4, 0.5) is 4.79 Å². The maximum atomic E-state index is 12.0. The molecule has 15 heavy (non-hydrogen) atoms. The van der Waals surface area contributed by atoms with Gasteiger partial charge < -0.3 is 9.80 Å². The maximum Gasteiger partial charge on any atom is 0.320 e. The molecular weight excluding hydrogens is 192 g/mol. The summed E-state index contributed by atoms with van der Waals surface area (Å²) in [5.74, 6) is 0.919. The number of nitrogens with zero attached hydrogens (tertiary/aromatic N) is 2. The Morgan fingerprint density at radius 3 is 2.40 bits per heavy atom. The summed E-state index contributed by atoms with van der Waals surface area (Å²) in [6, 6.07) is 0.0627. The van der Waals surface area contributed by atoms with Crippen LogP contribution in [0, 0.1) is 5.92 Å². The van der Waals surface area contributed by atoms with E-state index in [1.165, 1.54) is 0 Å². The SMILES string of the molecule is CC1CCN(C(=O)N2CCC(=O)C2)CC1. The third-order valence-electron chi connectivity index (χ3n) is 3.35. The number of carbonyl (C=O) groups excluding carboxylic acids is 2. The summed E-state index contributed by atoms with van der Waals surface area (Å²) in [7, 11) is 0. The van der Waals surface area contributed by atoms with Gasteiger partial charge in [0.05, 0.1) is 6.54 Å². The van der Waals surface area contributed by atoms with Crippen molar-refractivity contribution < 1.29 is 9.59 Å². The molecule has 0 saturated carbocycles. The van der Waals surface area contributed by atoms with Gasteiger partial charge in [-0.25, -0.2) is 4.79 Å². The summed E-state index contributed by atoms with van der Waals surface area (Å²) in [4.78, 5) is 26.6. The lowest BCUT2D eigenvalue weighted by atomic mass is 10.00. The van der Waals surface area contributed by atoms with E-state index in [4.69, 9.17) is 0 Å². The minimum atomic E-state index is 0.0627. The predicted molar refractivity (Wildman–Crippen MR) is 56.6 cm³/mol. The Bertz CT molecular complexity index is 270. The van der Waals surface area contributed by atoms with Crippen molar-refractivity contribution in [3.63, 3.8) is 0 Å². The standard InChI is InChI=1S/C11H18N2O2/c1-9-2-5-12(6-3-9)11(15)13-7-4-10(14)8-13/h9H,2-8H2,1H3. The molecule has 2 amide bonds. The zero-order valence-electron chi connectivity index (χ0n) is 9.24. The second-order valence-electron chi connectivity index (χ2n) is 4.66. The molecule has 0 spiro atoms. The highest BCUT2D eigenvalue weighted by Crippen LogP contribution is 2.18. The summed E-state index contributed by atoms with van der Waals surface area (Å²) in [5.41, 5.74) is 0. The number of amides is 2. The van der Waals surface area contributed by atoms with Gasteiger partial charge in [-0.3, -0.25) is 4.79 Å². The smallest absolute Gasteiger partial charge is 0.320 e. The van der Waals surface area contributed by atoms with Crippen molar-refractivity contribution in [1.29, 1.82) is 0 Å². The average Bonchev–Trinajstić information content (AvgIpc) is 2.65. The molecule has 0 N–H and O–H groups in total. The van der Waals surface area contributed by atoms with Gasteiger partial charge in [-0.1, -0.05) is 6.92 Å². The Morgan fingerprint density at radius 1 is 1.20 bits per heavy atom. The second-order valence-corrected chi connectivity index (χ2v) is 4.66. The lowest BCUT2D eigenvalue weighted by Crippen LogP contribution is -2.45. The number of ketones is 1. The highest BCUT2D eigenvalue weighted by Gasteiger charge is 2.29. The monoisotopic (exact) mass is 210 g/mol. The van der Waals surface area contributed by atoms with Crippen molar-refractivity contribution in [1.82, 2.24) is 9.80 Å². The van der Waals surface area contributed by atoms with Crippen molar-refractivity contribution in [2.24, 2.45) is 5.92 Å². The van der Waals surface area contributed by atoms with Crippen molar-refractivity contribution in [2.75, 3.05) is 26.2 Å². The van der Waals surface area contributed by atoms with Crippen LogP contribution in [-0.2, 0) is 4.79 Å². The summed E-state index contributed by atoms with van der Waals surface area (Å²) < 4.78 is 0. The Labute approximate surface area is 90.2 Å². The van der Waals surface area contributed by atoms with Crippen LogP contribution in [0.5, 0.6) is 0 Å². The Balaban J connectivity index is 1.88. The van der Waals surface area contributed by atoms with Crippen LogP contribution in [0.25, 0.3) is 0 Å². The molecule has 0 bridgehead atoms. The molecule has 0 aromatic heterocycles. The molecule has 2 heterocycles. The fourth-order valence-corrected chi connectivity index (χ4v) is 2.19. The summed E-state index contributed by atoms with van der Waals surface area (Å²) in [6.45, 7) is 4.87. The number of Topliss-reactive ketones (excluding diaryl/α,β-unsaturated/α-hetero) is 1. The first-order chi connectivity index (χ1) is 7.16. The van der Waals surface area contributed by atoms with E-state index in [0.29, 0.717) is 19.5 Å². The molecule has 2 aliphatic rings. The van der Waals surface area contributed by atoms with Crippen LogP contribution in [0.1, 0.15) is 26.2 Å². The third-order valence-corrected chi connectivity index (χ3v) is 3.35. The largest absolute Gasteiger partial charge is 0.325 e. The van der Waals surface area contributed by atoms with Crippen LogP contribution in [0.3, 0.4) is 0 Å². The van der Waals surface area contributed by atoms with Crippen LogP contribution >= 0.6 is 0 Å². The first-order valence-electron chi connectivity index (χ1n) is 5.72. The van der Waals surface area contributed by atoms with Gasteiger partial charge in [0.1, 0.15) is 0 Å². The fraction of sp³-hybridized carbons (Fsp3) is 0.818. The van der Waals surface area contributed by atoms with E-state index in [0.717, 1.165) is 31.8 Å². The summed E-state index contributed by atoms with van der Waals surface area (Å²) in [6.07, 6.45) is 2.72. The molecule has 0 aliphatic carbocycles. The van der Waals surface area contributed by atoms with Crippen molar-refractivity contribution >= 4 is 11.8 Å². The van der Waals surface area contributed by atoms with E-state index >= 15 is 0 Å². The zero-order chi connectivity index (χ0) is 10.8. The fourth-order valence-electron chi connectivity index (χ4n) is 2.19. The lowest BCUT2D eigenvalue weighted by molar-refractivity contribution is -0.116. The Kier molecular flexibility index (Phi) is 2.93. The molecule has 0 radical (unpaired) electrons. The van der Waals surface area contributed by atoms with Gasteiger partial charge in [-0.2, -0.15) is 0 Å². The maximum absolute atomic E-state index is 12.0. The Morgan fingerprint density at radius 2 is 1.87 bits per heavy atom. The number of piperidine rings is 1. The average molecular weight is 210 g/mol. The molecule has 0 aromatic carbocycles. The van der Waals surface area contributed by atoms with E-state index in [1.807, 2.05) is 4.90 Å². The van der Waals surface area contributed by atoms with E-state index in [2.05, 4.69) is 6.92 Å². The van der Waals surface area contributed by atoms with Gasteiger partial charge in [0, 0.05) is 26.1 Å². The molecule has 2 fully saturated rings. The summed E-state index contributed by atoms with van der Waals surface area (Å²) >= 11 is 0. The molecule has 0 atom stereocenters. The Hall–Kier alpha value is -1.06. The van der Waals surface area contributed by atoms with Gasteiger partial charge in [0.25, 0.3) is 0 Å². The van der Waals surface area contributed by atoms with Gasteiger partial charge in [-0.05, 0) is 18.8 Å². The minimum Gasteiger partial charge on any atom is -0.325 e. The molecule has 2 saturated heterocycles. The molecule has 2 aliphatic heterocycles. The van der Waals surface area contributed by atoms with E-state index in [9.17, 15) is 9.59 Å². The molecule has 4 nitrogen and oxygen atoms in total. The van der Waals surface area contributed by atoms with Crippen LogP contribution in [0.15, 0.2) is 0 Å². The summed E-state index contributed by atoms with van der Waals surface area (Å²) in [5, 5.41) is 0. The normalized spacial score (nSPS) is 23.7. The molecule has 84 valence electrons. The van der Waals surface area contributed by atoms with Crippen molar-refractivity contribution in [2.45, 2.75) is 26.2 Å². The van der Waals surface area contributed by atoms with E-state index in [-0.39, 0.29) is 11.8 Å². The topological polar surface area (TPSA) is 40.6 Å². The van der Waals surface area contributed by atoms with Crippen molar-refractivity contribution in [3.05, 3.63) is 0 Å². The molecular formula is C11H18N2O2. The number of hydrogen-bond acceptors (Lipinski definition) is 2. The quantitative estimate of drug-likeness (QED) is 0.601. The minimum absolute atomic E-state index is 0.0627. The van der Waals surface area contributed by atoms with Crippen molar-refractivity contribution in [3.8, 4) is 0 Å². The van der Waals surface area contributed by atoms with Gasteiger partial charge in [0.15, 0.2) is 5.78 Å². The predicted octanol–water partition coefficient (Wildman–Crippen LogP) is 1.11. The van der Waals surface area contributed by atoms with E-state index in [1.54, 1.807) is 4.90 Å². The zero-order valence-corrected chi connectivity index (χ0v) is 9.24. The first-order valence-corrected chi connectivity index (χ1v) is 5.72. The number of hydrogen-bond donors (Lipinski definition) is 0. The first kappa shape index (κ1) is 10.5. The van der Waals surface area contributed by atoms with Gasteiger partial charge >= 0.3 is 6.03 Å².